The first-order valence-electron chi connectivity index (χ1n) is 6.33. The highest BCUT2D eigenvalue weighted by atomic mass is 35.5. The smallest absolute Gasteiger partial charge is 0.303 e. The lowest BCUT2D eigenvalue weighted by Gasteiger charge is -2.06. The van der Waals surface area contributed by atoms with Crippen LogP contribution < -0.4 is 10.9 Å². The van der Waals surface area contributed by atoms with Crippen LogP contribution in [0.3, 0.4) is 0 Å². The minimum Gasteiger partial charge on any atom is -0.481 e. The average molecular weight is 301 g/mol. The molecule has 0 radical (unpaired) electrons. The number of carbonyl (C=O) groups excluding carboxylic acids is 1. The quantitative estimate of drug-likeness (QED) is 0.708. The second kappa shape index (κ2) is 8.37. The predicted octanol–water partition coefficient (Wildman–Crippen LogP) is 1.26. The molecule has 1 amide bonds. The fourth-order valence-corrected chi connectivity index (χ4v) is 1.82. The van der Waals surface area contributed by atoms with Crippen LogP contribution in [0, 0.1) is 0 Å². The molecule has 1 aromatic heterocycles. The summed E-state index contributed by atoms with van der Waals surface area (Å²) < 4.78 is 1.46. The van der Waals surface area contributed by atoms with Gasteiger partial charge in [0.25, 0.3) is 5.56 Å². The molecular formula is C13H17ClN2O4. The summed E-state index contributed by atoms with van der Waals surface area (Å²) >= 11 is 5.78. The maximum Gasteiger partial charge on any atom is 0.303 e. The number of carboxylic acid groups (broad SMARTS) is 1. The zero-order chi connectivity index (χ0) is 15.0. The molecule has 0 saturated heterocycles. The number of carbonyl (C=O) groups is 2. The third-order valence-corrected chi connectivity index (χ3v) is 2.86. The standard InChI is InChI=1S/C13H17ClN2O4/c14-10-5-6-12(18)16(9-10)8-2-3-11(17)15-7-1-4-13(19)20/h5-6,9H,1-4,7-8H2,(H,15,17)(H,19,20). The molecule has 0 unspecified atom stereocenters. The number of hydrogen-bond donors (Lipinski definition) is 2. The largest absolute Gasteiger partial charge is 0.481 e. The second-order valence-electron chi connectivity index (χ2n) is 4.33. The number of amides is 1. The van der Waals surface area contributed by atoms with Crippen molar-refractivity contribution in [2.75, 3.05) is 6.54 Å². The first-order valence-corrected chi connectivity index (χ1v) is 6.71. The zero-order valence-electron chi connectivity index (χ0n) is 11.0. The summed E-state index contributed by atoms with van der Waals surface area (Å²) in [6.45, 7) is 0.768. The number of pyridine rings is 1. The highest BCUT2D eigenvalue weighted by Gasteiger charge is 2.03. The van der Waals surface area contributed by atoms with Crippen LogP contribution in [0.2, 0.25) is 5.02 Å². The van der Waals surface area contributed by atoms with E-state index in [1.165, 1.54) is 22.9 Å². The van der Waals surface area contributed by atoms with E-state index in [1.54, 1.807) is 0 Å². The Labute approximate surface area is 121 Å². The summed E-state index contributed by atoms with van der Waals surface area (Å²) in [7, 11) is 0. The van der Waals surface area contributed by atoms with Gasteiger partial charge in [-0.2, -0.15) is 0 Å². The molecule has 6 nitrogen and oxygen atoms in total. The molecule has 0 bridgehead atoms. The zero-order valence-corrected chi connectivity index (χ0v) is 11.7. The summed E-state index contributed by atoms with van der Waals surface area (Å²) in [4.78, 5) is 33.2. The molecule has 0 atom stereocenters. The van der Waals surface area contributed by atoms with E-state index in [-0.39, 0.29) is 24.3 Å². The van der Waals surface area contributed by atoms with Crippen molar-refractivity contribution in [2.45, 2.75) is 32.2 Å². The van der Waals surface area contributed by atoms with E-state index in [9.17, 15) is 14.4 Å². The highest BCUT2D eigenvalue weighted by molar-refractivity contribution is 6.30. The van der Waals surface area contributed by atoms with Gasteiger partial charge in [-0.1, -0.05) is 11.6 Å². The van der Waals surface area contributed by atoms with Crippen LogP contribution in [0.15, 0.2) is 23.1 Å². The van der Waals surface area contributed by atoms with Crippen molar-refractivity contribution in [2.24, 2.45) is 0 Å². The number of halogens is 1. The first kappa shape index (κ1) is 16.2. The maximum absolute atomic E-state index is 11.5. The number of aryl methyl sites for hydroxylation is 1. The van der Waals surface area contributed by atoms with Gasteiger partial charge in [-0.3, -0.25) is 14.4 Å². The molecule has 1 rings (SSSR count). The van der Waals surface area contributed by atoms with Gasteiger partial charge in [0.1, 0.15) is 0 Å². The fraction of sp³-hybridized carbons (Fsp3) is 0.462. The van der Waals surface area contributed by atoms with E-state index in [2.05, 4.69) is 5.32 Å². The number of aliphatic carboxylic acids is 1. The SMILES string of the molecule is O=C(O)CCCNC(=O)CCCn1cc(Cl)ccc1=O. The van der Waals surface area contributed by atoms with Crippen LogP contribution in [0.5, 0.6) is 0 Å². The fourth-order valence-electron chi connectivity index (χ4n) is 1.64. The van der Waals surface area contributed by atoms with Crippen molar-refractivity contribution >= 4 is 23.5 Å². The molecule has 1 heterocycles. The van der Waals surface area contributed by atoms with E-state index < -0.39 is 5.97 Å². The Balaban J connectivity index is 2.23. The van der Waals surface area contributed by atoms with E-state index in [4.69, 9.17) is 16.7 Å². The van der Waals surface area contributed by atoms with Gasteiger partial charge in [0.2, 0.25) is 5.91 Å². The molecule has 2 N–H and O–H groups in total. The van der Waals surface area contributed by atoms with E-state index in [0.717, 1.165) is 0 Å². The molecule has 110 valence electrons. The summed E-state index contributed by atoms with van der Waals surface area (Å²) in [5.74, 6) is -1.02. The molecule has 20 heavy (non-hydrogen) atoms. The Hall–Kier alpha value is -1.82. The maximum atomic E-state index is 11.5. The van der Waals surface area contributed by atoms with Gasteiger partial charge in [-0.15, -0.1) is 0 Å². The topological polar surface area (TPSA) is 88.4 Å². The van der Waals surface area contributed by atoms with Crippen molar-refractivity contribution in [3.05, 3.63) is 33.7 Å². The minimum atomic E-state index is -0.875. The molecule has 0 aliphatic rings. The third kappa shape index (κ3) is 6.38. The molecule has 7 heteroatoms. The van der Waals surface area contributed by atoms with Crippen LogP contribution in [0.1, 0.15) is 25.7 Å². The summed E-state index contributed by atoms with van der Waals surface area (Å²) in [5.41, 5.74) is -0.156. The van der Waals surface area contributed by atoms with Crippen molar-refractivity contribution in [1.82, 2.24) is 9.88 Å². The molecule has 1 aromatic rings. The first-order chi connectivity index (χ1) is 9.49. The lowest BCUT2D eigenvalue weighted by Crippen LogP contribution is -2.25. The summed E-state index contributed by atoms with van der Waals surface area (Å²) in [6, 6.07) is 2.91. The van der Waals surface area contributed by atoms with Crippen LogP contribution in [0.25, 0.3) is 0 Å². The number of hydrogen-bond acceptors (Lipinski definition) is 3. The van der Waals surface area contributed by atoms with Gasteiger partial charge in [-0.05, 0) is 18.9 Å². The summed E-state index contributed by atoms with van der Waals surface area (Å²) in [6.07, 6.45) is 2.79. The molecule has 0 spiro atoms. The Morgan fingerprint density at radius 3 is 2.70 bits per heavy atom. The van der Waals surface area contributed by atoms with E-state index in [1.807, 2.05) is 0 Å². The molecule has 0 aliphatic heterocycles. The normalized spacial score (nSPS) is 10.2. The van der Waals surface area contributed by atoms with Crippen molar-refractivity contribution in [3.63, 3.8) is 0 Å². The Kier molecular flexibility index (Phi) is 6.79. The third-order valence-electron chi connectivity index (χ3n) is 2.64. The van der Waals surface area contributed by atoms with Gasteiger partial charge in [-0.25, -0.2) is 0 Å². The Morgan fingerprint density at radius 1 is 1.25 bits per heavy atom. The van der Waals surface area contributed by atoms with Crippen molar-refractivity contribution in [3.8, 4) is 0 Å². The Morgan fingerprint density at radius 2 is 2.00 bits per heavy atom. The summed E-state index contributed by atoms with van der Waals surface area (Å²) in [5, 5.41) is 11.5. The van der Waals surface area contributed by atoms with E-state index >= 15 is 0 Å². The molecule has 0 saturated carbocycles. The van der Waals surface area contributed by atoms with E-state index in [0.29, 0.717) is 31.0 Å². The van der Waals surface area contributed by atoms with Crippen molar-refractivity contribution < 1.29 is 14.7 Å². The van der Waals surface area contributed by atoms with Gasteiger partial charge in [0.05, 0.1) is 5.02 Å². The van der Waals surface area contributed by atoms with Crippen LogP contribution in [-0.4, -0.2) is 28.1 Å². The lowest BCUT2D eigenvalue weighted by atomic mass is 10.2. The Bertz CT molecular complexity index is 527. The molecule has 0 fully saturated rings. The highest BCUT2D eigenvalue weighted by Crippen LogP contribution is 2.04. The van der Waals surface area contributed by atoms with Gasteiger partial charge in [0.15, 0.2) is 0 Å². The van der Waals surface area contributed by atoms with Crippen LogP contribution >= 0.6 is 11.6 Å². The van der Waals surface area contributed by atoms with Gasteiger partial charge < -0.3 is 15.0 Å². The molecular weight excluding hydrogens is 284 g/mol. The number of rotatable bonds is 8. The number of nitrogens with one attached hydrogen (secondary N) is 1. The number of aromatic nitrogens is 1. The predicted molar refractivity (Wildman–Crippen MR) is 74.8 cm³/mol. The lowest BCUT2D eigenvalue weighted by molar-refractivity contribution is -0.137. The van der Waals surface area contributed by atoms with Crippen molar-refractivity contribution in [1.29, 1.82) is 0 Å². The van der Waals surface area contributed by atoms with Gasteiger partial charge >= 0.3 is 5.97 Å². The number of carboxylic acids is 1. The van der Waals surface area contributed by atoms with Crippen LogP contribution in [0.4, 0.5) is 0 Å². The molecule has 0 aromatic carbocycles. The average Bonchev–Trinajstić information content (AvgIpc) is 2.38. The minimum absolute atomic E-state index is 0.0399. The second-order valence-corrected chi connectivity index (χ2v) is 4.77. The molecule has 0 aliphatic carbocycles. The van der Waals surface area contributed by atoms with Gasteiger partial charge in [0, 0.05) is 38.2 Å². The monoisotopic (exact) mass is 300 g/mol. The van der Waals surface area contributed by atoms with Crippen LogP contribution in [-0.2, 0) is 16.1 Å². The number of nitrogens with zero attached hydrogens (tertiary/aromatic N) is 1.